The van der Waals surface area contributed by atoms with Gasteiger partial charge >= 0.3 is 0 Å². The van der Waals surface area contributed by atoms with Crippen LogP contribution in [0.3, 0.4) is 0 Å². The molecule has 3 aromatic carbocycles. The zero-order valence-corrected chi connectivity index (χ0v) is 21.1. The predicted octanol–water partition coefficient (Wildman–Crippen LogP) is 6.13. The normalized spacial score (nSPS) is 14.3. The quantitative estimate of drug-likeness (QED) is 0.327. The van der Waals surface area contributed by atoms with Crippen molar-refractivity contribution in [3.63, 3.8) is 0 Å². The summed E-state index contributed by atoms with van der Waals surface area (Å²) in [6.07, 6.45) is 1.59. The molecule has 0 atom stereocenters. The lowest BCUT2D eigenvalue weighted by Crippen LogP contribution is -2.32. The van der Waals surface area contributed by atoms with Crippen molar-refractivity contribution >= 4 is 63.8 Å². The molecule has 4 rings (SSSR count). The summed E-state index contributed by atoms with van der Waals surface area (Å²) in [4.78, 5) is 38.6. The molecule has 0 aliphatic carbocycles. The van der Waals surface area contributed by atoms with E-state index < -0.39 is 5.91 Å². The second-order valence-electron chi connectivity index (χ2n) is 7.53. The van der Waals surface area contributed by atoms with Gasteiger partial charge in [0.25, 0.3) is 17.1 Å². The molecule has 0 bridgehead atoms. The number of rotatable bonds is 9. The minimum Gasteiger partial charge on any atom is -0.492 e. The minimum atomic E-state index is -0.404. The highest BCUT2D eigenvalue weighted by molar-refractivity contribution is 8.18. The molecule has 0 aromatic heterocycles. The first kappa shape index (κ1) is 25.6. The Morgan fingerprint density at radius 3 is 2.44 bits per heavy atom. The predicted molar refractivity (Wildman–Crippen MR) is 142 cm³/mol. The Kier molecular flexibility index (Phi) is 8.53. The molecule has 10 heteroatoms. The Morgan fingerprint density at radius 1 is 0.972 bits per heavy atom. The van der Waals surface area contributed by atoms with Crippen LogP contribution in [-0.2, 0) is 9.59 Å². The number of ether oxygens (including phenoxy) is 2. The van der Waals surface area contributed by atoms with E-state index in [0.717, 1.165) is 16.7 Å². The minimum absolute atomic E-state index is 0.114. The van der Waals surface area contributed by atoms with Crippen LogP contribution in [0.2, 0.25) is 10.0 Å². The second kappa shape index (κ2) is 12.0. The number of imide groups is 1. The zero-order valence-electron chi connectivity index (χ0n) is 18.8. The van der Waals surface area contributed by atoms with E-state index in [0.29, 0.717) is 27.8 Å². The van der Waals surface area contributed by atoms with Crippen molar-refractivity contribution in [2.75, 3.05) is 25.1 Å². The van der Waals surface area contributed by atoms with E-state index >= 15 is 0 Å². The SMILES string of the molecule is O=C(COc1ccc(/C=C2\SC(=O)N(CCOc3ccc(Cl)cc3)C2=O)cc1Cl)Nc1ccccc1. The van der Waals surface area contributed by atoms with Gasteiger partial charge in [0.2, 0.25) is 0 Å². The number of benzene rings is 3. The molecule has 7 nitrogen and oxygen atoms in total. The second-order valence-corrected chi connectivity index (χ2v) is 9.37. The van der Waals surface area contributed by atoms with Crippen LogP contribution in [0.1, 0.15) is 5.56 Å². The lowest BCUT2D eigenvalue weighted by atomic mass is 10.2. The van der Waals surface area contributed by atoms with Crippen LogP contribution in [0.4, 0.5) is 10.5 Å². The molecule has 0 saturated carbocycles. The maximum atomic E-state index is 12.7. The molecule has 1 heterocycles. The molecule has 1 fully saturated rings. The summed E-state index contributed by atoms with van der Waals surface area (Å²) in [6.45, 7) is 0.0524. The monoisotopic (exact) mass is 542 g/mol. The first-order valence-corrected chi connectivity index (χ1v) is 12.4. The van der Waals surface area contributed by atoms with E-state index in [1.165, 1.54) is 0 Å². The van der Waals surface area contributed by atoms with Crippen molar-refractivity contribution in [1.82, 2.24) is 4.90 Å². The third kappa shape index (κ3) is 6.81. The number of carbonyl (C=O) groups excluding carboxylic acids is 3. The van der Waals surface area contributed by atoms with Gasteiger partial charge in [0.05, 0.1) is 16.5 Å². The zero-order chi connectivity index (χ0) is 25.5. The number of nitrogens with one attached hydrogen (secondary N) is 1. The average molecular weight is 543 g/mol. The summed E-state index contributed by atoms with van der Waals surface area (Å²) in [5.41, 5.74) is 1.28. The summed E-state index contributed by atoms with van der Waals surface area (Å²) < 4.78 is 11.1. The van der Waals surface area contributed by atoms with Gasteiger partial charge in [0, 0.05) is 10.7 Å². The highest BCUT2D eigenvalue weighted by Gasteiger charge is 2.34. The Hall–Kier alpha value is -3.46. The molecule has 3 aromatic rings. The number of anilines is 1. The average Bonchev–Trinajstić information content (AvgIpc) is 3.12. The topological polar surface area (TPSA) is 84.9 Å². The number of hydrogen-bond acceptors (Lipinski definition) is 6. The number of halogens is 2. The lowest BCUT2D eigenvalue weighted by molar-refractivity contribution is -0.123. The molecular formula is C26H20Cl2N2O5S. The standard InChI is InChI=1S/C26H20Cl2N2O5S/c27-18-7-9-20(10-8-18)34-13-12-30-25(32)23(36-26(30)33)15-17-6-11-22(21(28)14-17)35-16-24(31)29-19-4-2-1-3-5-19/h1-11,14-15H,12-13,16H2,(H,29,31)/b23-15-. The molecule has 36 heavy (non-hydrogen) atoms. The Morgan fingerprint density at radius 2 is 1.72 bits per heavy atom. The fraction of sp³-hybridized carbons (Fsp3) is 0.115. The van der Waals surface area contributed by atoms with E-state index in [1.54, 1.807) is 60.7 Å². The van der Waals surface area contributed by atoms with Crippen LogP contribution in [0.5, 0.6) is 11.5 Å². The van der Waals surface area contributed by atoms with Crippen LogP contribution in [0, 0.1) is 0 Å². The van der Waals surface area contributed by atoms with Gasteiger partial charge in [-0.25, -0.2) is 0 Å². The van der Waals surface area contributed by atoms with Crippen LogP contribution in [0.25, 0.3) is 6.08 Å². The largest absolute Gasteiger partial charge is 0.492 e. The number of hydrogen-bond donors (Lipinski definition) is 1. The van der Waals surface area contributed by atoms with Crippen molar-refractivity contribution in [2.45, 2.75) is 0 Å². The van der Waals surface area contributed by atoms with Gasteiger partial charge in [-0.1, -0.05) is 47.5 Å². The molecule has 1 saturated heterocycles. The van der Waals surface area contributed by atoms with Gasteiger partial charge in [-0.3, -0.25) is 19.3 Å². The van der Waals surface area contributed by atoms with Crippen LogP contribution in [-0.4, -0.2) is 41.7 Å². The lowest BCUT2D eigenvalue weighted by Gasteiger charge is -2.13. The number of amides is 3. The number of thioether (sulfide) groups is 1. The maximum absolute atomic E-state index is 12.7. The van der Waals surface area contributed by atoms with Crippen molar-refractivity contribution in [2.24, 2.45) is 0 Å². The van der Waals surface area contributed by atoms with Crippen LogP contribution >= 0.6 is 35.0 Å². The number of para-hydroxylation sites is 1. The molecule has 0 radical (unpaired) electrons. The first-order chi connectivity index (χ1) is 17.4. The third-order valence-electron chi connectivity index (χ3n) is 4.94. The molecule has 1 aliphatic heterocycles. The molecule has 3 amide bonds. The van der Waals surface area contributed by atoms with Gasteiger partial charge in [0.15, 0.2) is 6.61 Å². The Labute approximate surface area is 222 Å². The van der Waals surface area contributed by atoms with Crippen molar-refractivity contribution in [1.29, 1.82) is 0 Å². The number of nitrogens with zero attached hydrogens (tertiary/aromatic N) is 1. The van der Waals surface area contributed by atoms with Gasteiger partial charge in [-0.15, -0.1) is 0 Å². The van der Waals surface area contributed by atoms with Gasteiger partial charge in [-0.05, 0) is 71.9 Å². The fourth-order valence-corrected chi connectivity index (χ4v) is 4.45. The van der Waals surface area contributed by atoms with Gasteiger partial charge in [0.1, 0.15) is 18.1 Å². The van der Waals surface area contributed by atoms with E-state index in [1.807, 2.05) is 18.2 Å². The summed E-state index contributed by atoms with van der Waals surface area (Å²) in [7, 11) is 0. The van der Waals surface area contributed by atoms with Gasteiger partial charge < -0.3 is 14.8 Å². The first-order valence-electron chi connectivity index (χ1n) is 10.8. The Bertz CT molecular complexity index is 1300. The molecule has 1 N–H and O–H groups in total. The summed E-state index contributed by atoms with van der Waals surface area (Å²) in [5, 5.41) is 3.21. The maximum Gasteiger partial charge on any atom is 0.293 e. The van der Waals surface area contributed by atoms with Crippen LogP contribution in [0.15, 0.2) is 77.7 Å². The van der Waals surface area contributed by atoms with E-state index in [-0.39, 0.29) is 40.8 Å². The highest BCUT2D eigenvalue weighted by atomic mass is 35.5. The summed E-state index contributed by atoms with van der Waals surface area (Å²) >= 11 is 13.0. The third-order valence-corrected chi connectivity index (χ3v) is 6.40. The van der Waals surface area contributed by atoms with E-state index in [2.05, 4.69) is 5.32 Å². The smallest absolute Gasteiger partial charge is 0.293 e. The number of carbonyl (C=O) groups is 3. The molecule has 184 valence electrons. The molecule has 0 unspecified atom stereocenters. The highest BCUT2D eigenvalue weighted by Crippen LogP contribution is 2.33. The van der Waals surface area contributed by atoms with Crippen molar-refractivity contribution < 1.29 is 23.9 Å². The fourth-order valence-electron chi connectivity index (χ4n) is 3.22. The molecule has 0 spiro atoms. The summed E-state index contributed by atoms with van der Waals surface area (Å²) in [5.74, 6) is 0.190. The van der Waals surface area contributed by atoms with Gasteiger partial charge in [-0.2, -0.15) is 0 Å². The van der Waals surface area contributed by atoms with E-state index in [9.17, 15) is 14.4 Å². The van der Waals surface area contributed by atoms with Crippen molar-refractivity contribution in [3.05, 3.63) is 93.3 Å². The summed E-state index contributed by atoms with van der Waals surface area (Å²) in [6, 6.07) is 20.7. The van der Waals surface area contributed by atoms with Crippen LogP contribution < -0.4 is 14.8 Å². The Balaban J connectivity index is 1.32. The van der Waals surface area contributed by atoms with Crippen molar-refractivity contribution in [3.8, 4) is 11.5 Å². The molecule has 1 aliphatic rings. The molecular weight excluding hydrogens is 523 g/mol. The van der Waals surface area contributed by atoms with E-state index in [4.69, 9.17) is 32.7 Å².